The summed E-state index contributed by atoms with van der Waals surface area (Å²) in [6.45, 7) is 5.57. The summed E-state index contributed by atoms with van der Waals surface area (Å²) in [4.78, 5) is 14.2. The minimum absolute atomic E-state index is 0.145. The number of carbonyl (C=O) groups excluding carboxylic acids is 1. The van der Waals surface area contributed by atoms with Gasteiger partial charge in [-0.15, -0.1) is 11.8 Å². The van der Waals surface area contributed by atoms with Gasteiger partial charge in [0, 0.05) is 37.7 Å². The monoisotopic (exact) mass is 349 g/mol. The molecule has 6 heteroatoms. The van der Waals surface area contributed by atoms with Crippen molar-refractivity contribution in [2.24, 2.45) is 0 Å². The maximum Gasteiger partial charge on any atom is 0.230 e. The number of nitrogens with one attached hydrogen (secondary N) is 2. The number of ether oxygens (including phenoxy) is 1. The number of carbonyl (C=O) groups is 1. The maximum absolute atomic E-state index is 11.7. The van der Waals surface area contributed by atoms with Crippen molar-refractivity contribution in [2.45, 2.75) is 24.1 Å². The molecule has 0 spiro atoms. The average Bonchev–Trinajstić information content (AvgIpc) is 3.06. The van der Waals surface area contributed by atoms with Gasteiger partial charge in [-0.25, -0.2) is 0 Å². The van der Waals surface area contributed by atoms with Gasteiger partial charge in [0.15, 0.2) is 0 Å². The molecule has 2 aliphatic heterocycles. The predicted molar refractivity (Wildman–Crippen MR) is 98.7 cm³/mol. The highest BCUT2D eigenvalue weighted by atomic mass is 32.2. The third-order valence-corrected chi connectivity index (χ3v) is 6.03. The smallest absolute Gasteiger partial charge is 0.230 e. The second-order valence-electron chi connectivity index (χ2n) is 6.38. The molecule has 2 heterocycles. The molecule has 2 unspecified atom stereocenters. The highest BCUT2D eigenvalue weighted by Gasteiger charge is 2.31. The number of para-hydroxylation sites is 1. The summed E-state index contributed by atoms with van der Waals surface area (Å²) in [5, 5.41) is 6.68. The number of thioether (sulfide) groups is 1. The Kier molecular flexibility index (Phi) is 6.40. The summed E-state index contributed by atoms with van der Waals surface area (Å²) >= 11 is 1.72. The van der Waals surface area contributed by atoms with E-state index in [-0.39, 0.29) is 11.3 Å². The fourth-order valence-corrected chi connectivity index (χ4v) is 4.68. The Hall–Kier alpha value is -1.24. The quantitative estimate of drug-likeness (QED) is 0.784. The Morgan fingerprint density at radius 3 is 2.83 bits per heavy atom. The van der Waals surface area contributed by atoms with E-state index in [1.54, 1.807) is 18.9 Å². The molecule has 0 aliphatic carbocycles. The predicted octanol–water partition coefficient (Wildman–Crippen LogP) is 1.65. The minimum Gasteiger partial charge on any atom is -0.496 e. The van der Waals surface area contributed by atoms with Crippen molar-refractivity contribution in [1.82, 2.24) is 15.5 Å². The molecule has 0 saturated carbocycles. The normalized spacial score (nSPS) is 23.0. The average molecular weight is 350 g/mol. The van der Waals surface area contributed by atoms with E-state index < -0.39 is 0 Å². The first-order valence-corrected chi connectivity index (χ1v) is 9.80. The van der Waals surface area contributed by atoms with Crippen molar-refractivity contribution in [3.05, 3.63) is 29.8 Å². The van der Waals surface area contributed by atoms with Gasteiger partial charge in [-0.05, 0) is 25.5 Å². The lowest BCUT2D eigenvalue weighted by molar-refractivity contribution is -0.118. The topological polar surface area (TPSA) is 53.6 Å². The molecule has 132 valence electrons. The van der Waals surface area contributed by atoms with Gasteiger partial charge in [0.2, 0.25) is 5.91 Å². The first-order chi connectivity index (χ1) is 11.8. The van der Waals surface area contributed by atoms with Crippen LogP contribution in [-0.4, -0.2) is 61.8 Å². The fourth-order valence-electron chi connectivity index (χ4n) is 3.54. The van der Waals surface area contributed by atoms with E-state index in [2.05, 4.69) is 27.7 Å². The number of methoxy groups -OCH3 is 1. The lowest BCUT2D eigenvalue weighted by Gasteiger charge is -2.29. The van der Waals surface area contributed by atoms with E-state index in [0.29, 0.717) is 11.7 Å². The lowest BCUT2D eigenvalue weighted by Crippen LogP contribution is -2.43. The number of piperazine rings is 1. The summed E-state index contributed by atoms with van der Waals surface area (Å²) < 4.78 is 5.57. The molecule has 1 aromatic rings. The van der Waals surface area contributed by atoms with Crippen LogP contribution in [0.4, 0.5) is 0 Å². The van der Waals surface area contributed by atoms with Crippen molar-refractivity contribution in [2.75, 3.05) is 45.6 Å². The van der Waals surface area contributed by atoms with Gasteiger partial charge >= 0.3 is 0 Å². The number of rotatable bonds is 7. The third-order valence-electron chi connectivity index (χ3n) is 4.80. The van der Waals surface area contributed by atoms with Crippen LogP contribution in [-0.2, 0) is 4.79 Å². The van der Waals surface area contributed by atoms with E-state index >= 15 is 0 Å². The van der Waals surface area contributed by atoms with Gasteiger partial charge < -0.3 is 20.3 Å². The fraction of sp³-hybridized carbons (Fsp3) is 0.611. The van der Waals surface area contributed by atoms with Crippen molar-refractivity contribution in [1.29, 1.82) is 0 Å². The molecule has 1 amide bonds. The Morgan fingerprint density at radius 1 is 1.33 bits per heavy atom. The number of amides is 1. The summed E-state index contributed by atoms with van der Waals surface area (Å²) in [6.07, 6.45) is 2.19. The van der Waals surface area contributed by atoms with Crippen LogP contribution in [0.15, 0.2) is 24.3 Å². The van der Waals surface area contributed by atoms with Crippen LogP contribution in [0, 0.1) is 0 Å². The molecule has 0 bridgehead atoms. The zero-order valence-electron chi connectivity index (χ0n) is 14.3. The van der Waals surface area contributed by atoms with Gasteiger partial charge in [0.25, 0.3) is 0 Å². The molecule has 2 atom stereocenters. The van der Waals surface area contributed by atoms with Crippen LogP contribution in [0.25, 0.3) is 0 Å². The molecule has 2 N–H and O–H groups in total. The van der Waals surface area contributed by atoms with E-state index in [4.69, 9.17) is 4.74 Å². The lowest BCUT2D eigenvalue weighted by atomic mass is 9.92. The molecule has 5 nitrogen and oxygen atoms in total. The van der Waals surface area contributed by atoms with Crippen LogP contribution in [0.2, 0.25) is 0 Å². The molecular formula is C18H27N3O2S. The molecule has 0 radical (unpaired) electrons. The molecule has 0 aromatic heterocycles. The van der Waals surface area contributed by atoms with E-state index in [1.807, 2.05) is 12.1 Å². The zero-order valence-corrected chi connectivity index (χ0v) is 15.1. The highest BCUT2D eigenvalue weighted by Crippen LogP contribution is 2.38. The molecule has 2 aliphatic rings. The Balaban J connectivity index is 1.66. The van der Waals surface area contributed by atoms with Gasteiger partial charge in [0.1, 0.15) is 5.75 Å². The number of hydrogen-bond acceptors (Lipinski definition) is 5. The van der Waals surface area contributed by atoms with Crippen molar-refractivity contribution >= 4 is 17.7 Å². The largest absolute Gasteiger partial charge is 0.496 e. The molecule has 1 aromatic carbocycles. The molecule has 3 rings (SSSR count). The van der Waals surface area contributed by atoms with Crippen LogP contribution in [0.1, 0.15) is 24.3 Å². The summed E-state index contributed by atoms with van der Waals surface area (Å²) in [6, 6.07) is 8.21. The van der Waals surface area contributed by atoms with Crippen molar-refractivity contribution in [3.63, 3.8) is 0 Å². The molecule has 24 heavy (non-hydrogen) atoms. The summed E-state index contributed by atoms with van der Waals surface area (Å²) in [5.74, 6) is 1.92. The van der Waals surface area contributed by atoms with Gasteiger partial charge in [-0.2, -0.15) is 0 Å². The Bertz CT molecular complexity index is 549. The second-order valence-corrected chi connectivity index (χ2v) is 7.51. The van der Waals surface area contributed by atoms with Gasteiger partial charge in [0.05, 0.1) is 18.2 Å². The van der Waals surface area contributed by atoms with Gasteiger partial charge in [-0.3, -0.25) is 4.79 Å². The summed E-state index contributed by atoms with van der Waals surface area (Å²) in [7, 11) is 1.72. The van der Waals surface area contributed by atoms with Gasteiger partial charge in [-0.1, -0.05) is 18.2 Å². The summed E-state index contributed by atoms with van der Waals surface area (Å²) in [5.41, 5.74) is 1.21. The highest BCUT2D eigenvalue weighted by molar-refractivity contribution is 8.01. The Labute approximate surface area is 148 Å². The molecular weight excluding hydrogens is 322 g/mol. The van der Waals surface area contributed by atoms with Crippen LogP contribution < -0.4 is 15.4 Å². The van der Waals surface area contributed by atoms with E-state index in [1.165, 1.54) is 5.56 Å². The maximum atomic E-state index is 11.7. The van der Waals surface area contributed by atoms with Crippen LogP contribution in [0.5, 0.6) is 5.75 Å². The molecule has 2 saturated heterocycles. The van der Waals surface area contributed by atoms with Crippen LogP contribution in [0.3, 0.4) is 0 Å². The van der Waals surface area contributed by atoms with E-state index in [9.17, 15) is 4.79 Å². The SMILES string of the molecule is COc1ccccc1C(CCCN1CCNCC1)C1NC(=O)CS1. The van der Waals surface area contributed by atoms with Crippen molar-refractivity contribution < 1.29 is 9.53 Å². The van der Waals surface area contributed by atoms with E-state index in [0.717, 1.165) is 51.3 Å². The first kappa shape index (κ1) is 17.6. The Morgan fingerprint density at radius 2 is 2.12 bits per heavy atom. The zero-order chi connectivity index (χ0) is 16.8. The molecule has 2 fully saturated rings. The first-order valence-electron chi connectivity index (χ1n) is 8.75. The second kappa shape index (κ2) is 8.74. The number of hydrogen-bond donors (Lipinski definition) is 2. The number of benzene rings is 1. The minimum atomic E-state index is 0.145. The standard InChI is InChI=1S/C18H27N3O2S/c1-23-16-7-3-2-5-14(16)15(18-20-17(22)13-24-18)6-4-10-21-11-8-19-9-12-21/h2-3,5,7,15,18-19H,4,6,8-13H2,1H3,(H,20,22). The van der Waals surface area contributed by atoms with Crippen molar-refractivity contribution in [3.8, 4) is 5.75 Å². The third kappa shape index (κ3) is 4.43. The van der Waals surface area contributed by atoms with Crippen LogP contribution >= 0.6 is 11.8 Å². The number of nitrogens with zero attached hydrogens (tertiary/aromatic N) is 1.